The summed E-state index contributed by atoms with van der Waals surface area (Å²) in [5.41, 5.74) is 10.9. The highest BCUT2D eigenvalue weighted by Gasteiger charge is 2.47. The fraction of sp³-hybridized carbons (Fsp3) is 0.0625. The zero-order valence-corrected chi connectivity index (χ0v) is 18.6. The molecule has 0 aliphatic carbocycles. The molecule has 0 saturated carbocycles. The summed E-state index contributed by atoms with van der Waals surface area (Å²) in [5.74, 6) is 0. The molecule has 2 atom stereocenters. The zero-order valence-electron chi connectivity index (χ0n) is 18.6. The van der Waals surface area contributed by atoms with E-state index in [9.17, 15) is 0 Å². The third-order valence-electron chi connectivity index (χ3n) is 6.85. The van der Waals surface area contributed by atoms with Crippen LogP contribution in [0.2, 0.25) is 0 Å². The van der Waals surface area contributed by atoms with Crippen molar-refractivity contribution >= 4 is 17.1 Å². The molecule has 0 radical (unpaired) electrons. The predicted molar refractivity (Wildman–Crippen MR) is 139 cm³/mol. The van der Waals surface area contributed by atoms with E-state index in [-0.39, 0.29) is 12.2 Å². The number of epoxide rings is 1. The third kappa shape index (κ3) is 3.15. The number of benzene rings is 5. The number of hydrogen-bond donors (Lipinski definition) is 0. The quantitative estimate of drug-likeness (QED) is 0.263. The molecule has 5 aromatic carbocycles. The first-order valence-electron chi connectivity index (χ1n) is 11.8. The number of para-hydroxylation sites is 2. The number of fused-ring (bicyclic) bond motifs is 5. The normalized spacial score (nSPS) is 17.8. The molecule has 2 heterocycles. The molecule has 2 aliphatic heterocycles. The molecule has 7 rings (SSSR count). The minimum absolute atomic E-state index is 0.119. The number of hydrogen-bond acceptors (Lipinski definition) is 2. The van der Waals surface area contributed by atoms with Gasteiger partial charge in [-0.15, -0.1) is 0 Å². The van der Waals surface area contributed by atoms with Gasteiger partial charge < -0.3 is 9.64 Å². The molecule has 0 bridgehead atoms. The highest BCUT2D eigenvalue weighted by atomic mass is 16.6. The first-order valence-corrected chi connectivity index (χ1v) is 11.8. The van der Waals surface area contributed by atoms with Crippen molar-refractivity contribution in [2.75, 3.05) is 4.90 Å². The minimum atomic E-state index is 0.119. The monoisotopic (exact) mass is 437 g/mol. The lowest BCUT2D eigenvalue weighted by atomic mass is 9.97. The Kier molecular flexibility index (Phi) is 4.39. The molecule has 2 aliphatic rings. The van der Waals surface area contributed by atoms with Crippen LogP contribution in [0.4, 0.5) is 17.1 Å². The second-order valence-electron chi connectivity index (χ2n) is 8.93. The second kappa shape index (κ2) is 7.72. The SMILES string of the molecule is c1ccc(-c2cc(-c3ccccc3)cc(N3c4ccccc4C4OC4c4ccccc43)c2)cc1. The van der Waals surface area contributed by atoms with E-state index in [0.717, 1.165) is 5.69 Å². The Labute approximate surface area is 199 Å². The topological polar surface area (TPSA) is 15.8 Å². The Hall–Kier alpha value is -4.14. The Bertz CT molecular complexity index is 1380. The van der Waals surface area contributed by atoms with Gasteiger partial charge in [-0.25, -0.2) is 0 Å². The summed E-state index contributed by atoms with van der Waals surface area (Å²) >= 11 is 0. The summed E-state index contributed by atoms with van der Waals surface area (Å²) in [6.45, 7) is 0. The lowest BCUT2D eigenvalue weighted by molar-refractivity contribution is 0.377. The molecular formula is C32H23NO. The van der Waals surface area contributed by atoms with Crippen LogP contribution >= 0.6 is 0 Å². The van der Waals surface area contributed by atoms with Gasteiger partial charge in [-0.2, -0.15) is 0 Å². The molecule has 0 N–H and O–H groups in total. The van der Waals surface area contributed by atoms with Crippen LogP contribution in [0.5, 0.6) is 0 Å². The lowest BCUT2D eigenvalue weighted by Gasteiger charge is -2.29. The maximum atomic E-state index is 6.15. The number of ether oxygens (including phenoxy) is 1. The van der Waals surface area contributed by atoms with Crippen molar-refractivity contribution in [3.63, 3.8) is 0 Å². The molecule has 0 spiro atoms. The van der Waals surface area contributed by atoms with Crippen LogP contribution in [0.1, 0.15) is 23.3 Å². The third-order valence-corrected chi connectivity index (χ3v) is 6.85. The molecule has 2 unspecified atom stereocenters. The van der Waals surface area contributed by atoms with Crippen molar-refractivity contribution in [3.05, 3.63) is 139 Å². The Morgan fingerprint density at radius 3 is 1.38 bits per heavy atom. The molecule has 2 nitrogen and oxygen atoms in total. The number of rotatable bonds is 3. The highest BCUT2D eigenvalue weighted by Crippen LogP contribution is 2.60. The van der Waals surface area contributed by atoms with Crippen molar-refractivity contribution in [1.82, 2.24) is 0 Å². The van der Waals surface area contributed by atoms with Crippen LogP contribution < -0.4 is 4.90 Å². The molecule has 2 heteroatoms. The molecule has 34 heavy (non-hydrogen) atoms. The van der Waals surface area contributed by atoms with Gasteiger partial charge in [0.25, 0.3) is 0 Å². The van der Waals surface area contributed by atoms with Gasteiger partial charge in [0.05, 0.1) is 11.4 Å². The maximum Gasteiger partial charge on any atom is 0.116 e. The van der Waals surface area contributed by atoms with E-state index in [1.165, 1.54) is 44.8 Å². The lowest BCUT2D eigenvalue weighted by Crippen LogP contribution is -2.12. The largest absolute Gasteiger partial charge is 0.359 e. The van der Waals surface area contributed by atoms with Crippen LogP contribution in [0.15, 0.2) is 127 Å². The maximum absolute atomic E-state index is 6.15. The molecule has 0 amide bonds. The second-order valence-corrected chi connectivity index (χ2v) is 8.93. The zero-order chi connectivity index (χ0) is 22.5. The van der Waals surface area contributed by atoms with Crippen LogP contribution in [-0.2, 0) is 4.74 Å². The summed E-state index contributed by atoms with van der Waals surface area (Å²) in [6.07, 6.45) is 0.237. The van der Waals surface area contributed by atoms with Gasteiger partial charge in [0, 0.05) is 16.8 Å². The predicted octanol–water partition coefficient (Wildman–Crippen LogP) is 8.62. The van der Waals surface area contributed by atoms with Crippen LogP contribution in [0.3, 0.4) is 0 Å². The first kappa shape index (κ1) is 19.3. The van der Waals surface area contributed by atoms with Gasteiger partial charge in [0.2, 0.25) is 0 Å². The Morgan fingerprint density at radius 2 is 0.882 bits per heavy atom. The molecule has 5 aromatic rings. The molecule has 162 valence electrons. The molecule has 1 saturated heterocycles. The van der Waals surface area contributed by atoms with Gasteiger partial charge in [-0.1, -0.05) is 97.1 Å². The van der Waals surface area contributed by atoms with Crippen LogP contribution in [0.25, 0.3) is 22.3 Å². The van der Waals surface area contributed by atoms with Gasteiger partial charge >= 0.3 is 0 Å². The fourth-order valence-electron chi connectivity index (χ4n) is 5.19. The van der Waals surface area contributed by atoms with E-state index >= 15 is 0 Å². The van der Waals surface area contributed by atoms with E-state index < -0.39 is 0 Å². The Balaban J connectivity index is 1.50. The van der Waals surface area contributed by atoms with Gasteiger partial charge in [-0.05, 0) is 52.6 Å². The van der Waals surface area contributed by atoms with Crippen molar-refractivity contribution in [2.45, 2.75) is 12.2 Å². The average Bonchev–Trinajstić information content (AvgIpc) is 3.72. The molecular weight excluding hydrogens is 414 g/mol. The van der Waals surface area contributed by atoms with Crippen molar-refractivity contribution in [1.29, 1.82) is 0 Å². The number of anilines is 3. The Morgan fingerprint density at radius 1 is 0.441 bits per heavy atom. The van der Waals surface area contributed by atoms with Crippen molar-refractivity contribution < 1.29 is 4.74 Å². The fourth-order valence-corrected chi connectivity index (χ4v) is 5.19. The summed E-state index contributed by atoms with van der Waals surface area (Å²) < 4.78 is 6.15. The highest BCUT2D eigenvalue weighted by molar-refractivity contribution is 5.87. The van der Waals surface area contributed by atoms with E-state index in [2.05, 4.69) is 132 Å². The first-order chi connectivity index (χ1) is 16.9. The molecule has 1 fully saturated rings. The summed E-state index contributed by atoms with van der Waals surface area (Å²) in [6, 6.07) is 45.5. The van der Waals surface area contributed by atoms with E-state index in [0.29, 0.717) is 0 Å². The van der Waals surface area contributed by atoms with E-state index in [1.54, 1.807) is 0 Å². The number of nitrogens with zero attached hydrogens (tertiary/aromatic N) is 1. The molecule has 0 aromatic heterocycles. The van der Waals surface area contributed by atoms with Crippen LogP contribution in [0, 0.1) is 0 Å². The van der Waals surface area contributed by atoms with E-state index in [1.807, 2.05) is 0 Å². The summed E-state index contributed by atoms with van der Waals surface area (Å²) in [7, 11) is 0. The average molecular weight is 438 g/mol. The van der Waals surface area contributed by atoms with Gasteiger partial charge in [0.15, 0.2) is 0 Å². The van der Waals surface area contributed by atoms with Gasteiger partial charge in [0.1, 0.15) is 12.2 Å². The van der Waals surface area contributed by atoms with Crippen molar-refractivity contribution in [2.24, 2.45) is 0 Å². The van der Waals surface area contributed by atoms with E-state index in [4.69, 9.17) is 4.74 Å². The smallest absolute Gasteiger partial charge is 0.116 e. The standard InChI is InChI=1S/C32H23NO/c1-3-11-22(12-4-1)24-19-25(23-13-5-2-6-14-23)21-26(20-24)33-29-17-9-7-15-27(29)31-32(34-31)28-16-8-10-18-30(28)33/h1-21,31-32H. The summed E-state index contributed by atoms with van der Waals surface area (Å²) in [4.78, 5) is 2.42. The van der Waals surface area contributed by atoms with Crippen molar-refractivity contribution in [3.8, 4) is 22.3 Å². The minimum Gasteiger partial charge on any atom is -0.359 e. The van der Waals surface area contributed by atoms with Crippen LogP contribution in [-0.4, -0.2) is 0 Å². The van der Waals surface area contributed by atoms with Gasteiger partial charge in [-0.3, -0.25) is 0 Å². The summed E-state index contributed by atoms with van der Waals surface area (Å²) in [5, 5.41) is 0.